The lowest BCUT2D eigenvalue weighted by molar-refractivity contribution is 0.584. The van der Waals surface area contributed by atoms with Crippen LogP contribution in [0.3, 0.4) is 0 Å². The SMILES string of the molecule is CNCC(C)S(=O)(=O)Nc1ccc(C)c(Br)c1. The van der Waals surface area contributed by atoms with Crippen molar-refractivity contribution in [1.82, 2.24) is 5.32 Å². The number of halogens is 1. The van der Waals surface area contributed by atoms with Crippen molar-refractivity contribution < 1.29 is 8.42 Å². The van der Waals surface area contributed by atoms with Crippen LogP contribution in [-0.2, 0) is 10.0 Å². The van der Waals surface area contributed by atoms with Crippen molar-refractivity contribution in [3.05, 3.63) is 28.2 Å². The van der Waals surface area contributed by atoms with Crippen molar-refractivity contribution in [2.45, 2.75) is 19.1 Å². The molecule has 0 aromatic heterocycles. The largest absolute Gasteiger partial charge is 0.318 e. The van der Waals surface area contributed by atoms with E-state index in [1.165, 1.54) is 0 Å². The predicted molar refractivity (Wildman–Crippen MR) is 74.8 cm³/mol. The third kappa shape index (κ3) is 3.97. The van der Waals surface area contributed by atoms with Crippen LogP contribution < -0.4 is 10.0 Å². The normalized spacial score (nSPS) is 13.4. The Balaban J connectivity index is 2.86. The van der Waals surface area contributed by atoms with Gasteiger partial charge in [0.05, 0.1) is 5.25 Å². The first-order valence-electron chi connectivity index (χ1n) is 5.29. The fourth-order valence-electron chi connectivity index (χ4n) is 1.32. The molecule has 1 rings (SSSR count). The molecule has 2 N–H and O–H groups in total. The second kappa shape index (κ2) is 5.84. The minimum absolute atomic E-state index is 0.419. The highest BCUT2D eigenvalue weighted by Gasteiger charge is 2.19. The average Bonchev–Trinajstić information content (AvgIpc) is 2.23. The van der Waals surface area contributed by atoms with Crippen LogP contribution in [0.4, 0.5) is 5.69 Å². The molecule has 1 atom stereocenters. The molecule has 1 aromatic carbocycles. The fraction of sp³-hybridized carbons (Fsp3) is 0.455. The zero-order chi connectivity index (χ0) is 13.1. The first-order chi connectivity index (χ1) is 7.86. The highest BCUT2D eigenvalue weighted by Crippen LogP contribution is 2.21. The number of hydrogen-bond donors (Lipinski definition) is 2. The third-order valence-electron chi connectivity index (χ3n) is 2.45. The summed E-state index contributed by atoms with van der Waals surface area (Å²) in [5.74, 6) is 0. The second-order valence-electron chi connectivity index (χ2n) is 3.98. The molecule has 0 aliphatic rings. The maximum Gasteiger partial charge on any atom is 0.236 e. The van der Waals surface area contributed by atoms with Gasteiger partial charge < -0.3 is 5.32 Å². The Labute approximate surface area is 111 Å². The minimum Gasteiger partial charge on any atom is -0.318 e. The van der Waals surface area contributed by atoms with Crippen molar-refractivity contribution in [2.75, 3.05) is 18.3 Å². The molecule has 1 aromatic rings. The van der Waals surface area contributed by atoms with Crippen LogP contribution >= 0.6 is 15.9 Å². The highest BCUT2D eigenvalue weighted by atomic mass is 79.9. The number of aryl methyl sites for hydroxylation is 1. The standard InChI is InChI=1S/C11H17BrN2O2S/c1-8-4-5-10(6-11(8)12)14-17(15,16)9(2)7-13-3/h4-6,9,13-14H,7H2,1-3H3. The Morgan fingerprint density at radius 1 is 1.41 bits per heavy atom. The Morgan fingerprint density at radius 2 is 2.06 bits per heavy atom. The van der Waals surface area contributed by atoms with E-state index in [0.29, 0.717) is 12.2 Å². The van der Waals surface area contributed by atoms with Gasteiger partial charge in [-0.05, 0) is 38.6 Å². The Morgan fingerprint density at radius 3 is 2.59 bits per heavy atom. The van der Waals surface area contributed by atoms with Gasteiger partial charge in [0, 0.05) is 16.7 Å². The summed E-state index contributed by atoms with van der Waals surface area (Å²) >= 11 is 3.37. The molecule has 0 aliphatic carbocycles. The van der Waals surface area contributed by atoms with Crippen LogP contribution in [0.5, 0.6) is 0 Å². The molecule has 0 saturated carbocycles. The average molecular weight is 321 g/mol. The molecule has 6 heteroatoms. The van der Waals surface area contributed by atoms with E-state index in [-0.39, 0.29) is 0 Å². The highest BCUT2D eigenvalue weighted by molar-refractivity contribution is 9.10. The minimum atomic E-state index is -3.34. The first kappa shape index (κ1) is 14.5. The number of anilines is 1. The molecule has 0 amide bonds. The maximum atomic E-state index is 11.9. The van der Waals surface area contributed by atoms with Crippen LogP contribution in [0.25, 0.3) is 0 Å². The number of nitrogens with one attached hydrogen (secondary N) is 2. The molecule has 0 spiro atoms. The van der Waals surface area contributed by atoms with Gasteiger partial charge in [-0.25, -0.2) is 8.42 Å². The van der Waals surface area contributed by atoms with Crippen molar-refractivity contribution >= 4 is 31.6 Å². The van der Waals surface area contributed by atoms with E-state index in [0.717, 1.165) is 10.0 Å². The molecule has 17 heavy (non-hydrogen) atoms. The van der Waals surface area contributed by atoms with Gasteiger partial charge in [-0.15, -0.1) is 0 Å². The Hall–Kier alpha value is -0.590. The number of rotatable bonds is 5. The van der Waals surface area contributed by atoms with E-state index in [2.05, 4.69) is 26.0 Å². The van der Waals surface area contributed by atoms with Gasteiger partial charge in [-0.1, -0.05) is 22.0 Å². The van der Waals surface area contributed by atoms with Gasteiger partial charge in [0.2, 0.25) is 10.0 Å². The van der Waals surface area contributed by atoms with Gasteiger partial charge in [-0.3, -0.25) is 4.72 Å². The zero-order valence-electron chi connectivity index (χ0n) is 10.1. The van der Waals surface area contributed by atoms with Crippen LogP contribution in [0.15, 0.2) is 22.7 Å². The molecule has 4 nitrogen and oxygen atoms in total. The van der Waals surface area contributed by atoms with Crippen molar-refractivity contribution in [1.29, 1.82) is 0 Å². The zero-order valence-corrected chi connectivity index (χ0v) is 12.5. The second-order valence-corrected chi connectivity index (χ2v) is 6.93. The van der Waals surface area contributed by atoms with Crippen LogP contribution in [0.2, 0.25) is 0 Å². The molecule has 0 aliphatic heterocycles. The van der Waals surface area contributed by atoms with Crippen molar-refractivity contribution in [3.63, 3.8) is 0 Å². The summed E-state index contributed by atoms with van der Waals surface area (Å²) in [6.45, 7) is 4.04. The van der Waals surface area contributed by atoms with Gasteiger partial charge in [0.1, 0.15) is 0 Å². The number of hydrogen-bond acceptors (Lipinski definition) is 3. The lowest BCUT2D eigenvalue weighted by atomic mass is 10.2. The molecule has 96 valence electrons. The molecule has 0 bridgehead atoms. The van der Waals surface area contributed by atoms with Gasteiger partial charge in [0.25, 0.3) is 0 Å². The van der Waals surface area contributed by atoms with E-state index in [1.54, 1.807) is 26.1 Å². The first-order valence-corrected chi connectivity index (χ1v) is 7.63. The summed E-state index contributed by atoms with van der Waals surface area (Å²) in [5.41, 5.74) is 1.64. The number of benzene rings is 1. The molecule has 0 heterocycles. The summed E-state index contributed by atoms with van der Waals surface area (Å²) in [7, 11) is -1.61. The summed E-state index contributed by atoms with van der Waals surface area (Å²) in [6, 6.07) is 5.38. The molecule has 0 saturated heterocycles. The molecule has 0 radical (unpaired) electrons. The van der Waals surface area contributed by atoms with Crippen molar-refractivity contribution in [2.24, 2.45) is 0 Å². The van der Waals surface area contributed by atoms with E-state index in [9.17, 15) is 8.42 Å². The Bertz CT molecular complexity index is 488. The molecular weight excluding hydrogens is 304 g/mol. The third-order valence-corrected chi connectivity index (χ3v) is 5.05. The van der Waals surface area contributed by atoms with Gasteiger partial charge in [0.15, 0.2) is 0 Å². The molecular formula is C11H17BrN2O2S. The fourth-order valence-corrected chi connectivity index (χ4v) is 2.74. The van der Waals surface area contributed by atoms with Crippen LogP contribution in [0, 0.1) is 6.92 Å². The van der Waals surface area contributed by atoms with Gasteiger partial charge >= 0.3 is 0 Å². The predicted octanol–water partition coefficient (Wildman–Crippen LogP) is 2.11. The lowest BCUT2D eigenvalue weighted by Gasteiger charge is -2.14. The van der Waals surface area contributed by atoms with E-state index in [4.69, 9.17) is 0 Å². The van der Waals surface area contributed by atoms with Crippen LogP contribution in [-0.4, -0.2) is 27.3 Å². The smallest absolute Gasteiger partial charge is 0.236 e. The molecule has 0 fully saturated rings. The van der Waals surface area contributed by atoms with Crippen LogP contribution in [0.1, 0.15) is 12.5 Å². The van der Waals surface area contributed by atoms with Gasteiger partial charge in [-0.2, -0.15) is 0 Å². The number of sulfonamides is 1. The summed E-state index contributed by atoms with van der Waals surface area (Å²) in [4.78, 5) is 0. The quantitative estimate of drug-likeness (QED) is 0.873. The molecule has 1 unspecified atom stereocenters. The summed E-state index contributed by atoms with van der Waals surface area (Å²) in [5, 5.41) is 2.37. The van der Waals surface area contributed by atoms with Crippen molar-refractivity contribution in [3.8, 4) is 0 Å². The lowest BCUT2D eigenvalue weighted by Crippen LogP contribution is -2.33. The van der Waals surface area contributed by atoms with E-state index in [1.807, 2.05) is 13.0 Å². The topological polar surface area (TPSA) is 58.2 Å². The van der Waals surface area contributed by atoms with E-state index >= 15 is 0 Å². The maximum absolute atomic E-state index is 11.9. The monoisotopic (exact) mass is 320 g/mol. The summed E-state index contributed by atoms with van der Waals surface area (Å²) < 4.78 is 27.3. The summed E-state index contributed by atoms with van der Waals surface area (Å²) in [6.07, 6.45) is 0. The van der Waals surface area contributed by atoms with E-state index < -0.39 is 15.3 Å². The Kier molecular flexibility index (Phi) is 4.97.